The van der Waals surface area contributed by atoms with Crippen LogP contribution in [0.1, 0.15) is 37.8 Å². The smallest absolute Gasteiger partial charge is 0.123 e. The van der Waals surface area contributed by atoms with E-state index in [0.29, 0.717) is 6.54 Å². The second kappa shape index (κ2) is 5.99. The summed E-state index contributed by atoms with van der Waals surface area (Å²) in [5.41, 5.74) is 6.37. The Morgan fingerprint density at radius 3 is 2.63 bits per heavy atom. The Morgan fingerprint density at radius 1 is 1.32 bits per heavy atom. The minimum Gasteiger partial charge on any atom is -0.390 e. The van der Waals surface area contributed by atoms with Crippen LogP contribution in [0, 0.1) is 5.82 Å². The van der Waals surface area contributed by atoms with Crippen LogP contribution in [0.4, 0.5) is 4.39 Å². The first-order valence-corrected chi connectivity index (χ1v) is 6.94. The van der Waals surface area contributed by atoms with Gasteiger partial charge in [-0.05, 0) is 50.4 Å². The van der Waals surface area contributed by atoms with E-state index in [1.807, 2.05) is 6.92 Å². The highest BCUT2D eigenvalue weighted by atomic mass is 19.1. The van der Waals surface area contributed by atoms with E-state index in [9.17, 15) is 9.50 Å². The molecular weight excluding hydrogens is 243 g/mol. The van der Waals surface area contributed by atoms with Crippen molar-refractivity contribution in [1.82, 2.24) is 4.90 Å². The fourth-order valence-corrected chi connectivity index (χ4v) is 2.78. The molecule has 0 amide bonds. The average Bonchev–Trinajstić information content (AvgIpc) is 2.54. The Labute approximate surface area is 114 Å². The Balaban J connectivity index is 2.11. The van der Waals surface area contributed by atoms with E-state index < -0.39 is 5.60 Å². The van der Waals surface area contributed by atoms with Crippen molar-refractivity contribution in [2.24, 2.45) is 5.73 Å². The molecule has 3 N–H and O–H groups in total. The minimum atomic E-state index is -0.573. The maximum Gasteiger partial charge on any atom is 0.123 e. The number of nitrogens with zero attached hydrogens (tertiary/aromatic N) is 1. The number of likely N-dealkylation sites (tertiary alicyclic amines) is 1. The summed E-state index contributed by atoms with van der Waals surface area (Å²) >= 11 is 0. The third-order valence-electron chi connectivity index (χ3n) is 4.02. The molecule has 0 saturated carbocycles. The maximum atomic E-state index is 13.0. The van der Waals surface area contributed by atoms with Gasteiger partial charge in [0.2, 0.25) is 0 Å². The largest absolute Gasteiger partial charge is 0.390 e. The lowest BCUT2D eigenvalue weighted by Crippen LogP contribution is -2.35. The number of rotatable bonds is 3. The fraction of sp³-hybridized carbons (Fsp3) is 0.600. The normalized spacial score (nSPS) is 26.9. The number of benzene rings is 1. The van der Waals surface area contributed by atoms with Crippen LogP contribution in [0.25, 0.3) is 0 Å². The molecular formula is C15H23FN2O. The highest BCUT2D eigenvalue weighted by Gasteiger charge is 2.28. The van der Waals surface area contributed by atoms with Gasteiger partial charge in [0.15, 0.2) is 0 Å². The van der Waals surface area contributed by atoms with Gasteiger partial charge >= 0.3 is 0 Å². The predicted molar refractivity (Wildman–Crippen MR) is 74.2 cm³/mol. The van der Waals surface area contributed by atoms with Crippen LogP contribution in [0.5, 0.6) is 0 Å². The zero-order valence-corrected chi connectivity index (χ0v) is 11.5. The lowest BCUT2D eigenvalue weighted by Gasteiger charge is -2.30. The summed E-state index contributed by atoms with van der Waals surface area (Å²) in [6, 6.07) is 6.67. The van der Waals surface area contributed by atoms with Gasteiger partial charge in [0.1, 0.15) is 5.82 Å². The first-order chi connectivity index (χ1) is 9.02. The van der Waals surface area contributed by atoms with Crippen molar-refractivity contribution in [3.63, 3.8) is 0 Å². The highest BCUT2D eigenvalue weighted by Crippen LogP contribution is 2.27. The standard InChI is InChI=1S/C15H23FN2O/c1-15(19)7-2-9-18(10-8-15)14(11-17)12-3-5-13(16)6-4-12/h3-6,14,19H,2,7-11,17H2,1H3. The lowest BCUT2D eigenvalue weighted by molar-refractivity contribution is 0.0431. The second-order valence-electron chi connectivity index (χ2n) is 5.69. The van der Waals surface area contributed by atoms with E-state index in [1.165, 1.54) is 12.1 Å². The number of hydrogen-bond acceptors (Lipinski definition) is 3. The number of hydrogen-bond donors (Lipinski definition) is 2. The van der Waals surface area contributed by atoms with Gasteiger partial charge in [-0.3, -0.25) is 4.90 Å². The molecule has 3 nitrogen and oxygen atoms in total. The summed E-state index contributed by atoms with van der Waals surface area (Å²) in [5, 5.41) is 10.1. The first kappa shape index (κ1) is 14.4. The summed E-state index contributed by atoms with van der Waals surface area (Å²) < 4.78 is 13.0. The minimum absolute atomic E-state index is 0.106. The molecule has 1 aliphatic heterocycles. The summed E-state index contributed by atoms with van der Waals surface area (Å²) in [6.07, 6.45) is 2.54. The highest BCUT2D eigenvalue weighted by molar-refractivity contribution is 5.20. The molecule has 1 saturated heterocycles. The van der Waals surface area contributed by atoms with Crippen molar-refractivity contribution in [3.8, 4) is 0 Å². The molecule has 1 fully saturated rings. The Morgan fingerprint density at radius 2 is 2.00 bits per heavy atom. The van der Waals surface area contributed by atoms with Crippen LogP contribution in [-0.4, -0.2) is 35.2 Å². The number of nitrogens with two attached hydrogens (primary N) is 1. The molecule has 106 valence electrons. The molecule has 19 heavy (non-hydrogen) atoms. The Bertz CT molecular complexity index is 405. The van der Waals surface area contributed by atoms with Gasteiger partial charge in [-0.15, -0.1) is 0 Å². The molecule has 1 heterocycles. The molecule has 4 heteroatoms. The van der Waals surface area contributed by atoms with Crippen molar-refractivity contribution in [2.45, 2.75) is 37.8 Å². The van der Waals surface area contributed by atoms with Gasteiger partial charge in [0, 0.05) is 19.1 Å². The van der Waals surface area contributed by atoms with Crippen LogP contribution < -0.4 is 5.73 Å². The van der Waals surface area contributed by atoms with Crippen molar-refractivity contribution < 1.29 is 9.50 Å². The van der Waals surface area contributed by atoms with E-state index in [1.54, 1.807) is 12.1 Å². The average molecular weight is 266 g/mol. The SMILES string of the molecule is CC1(O)CCCN(C(CN)c2ccc(F)cc2)CC1. The third kappa shape index (κ3) is 3.75. The van der Waals surface area contributed by atoms with Crippen LogP contribution >= 0.6 is 0 Å². The molecule has 2 atom stereocenters. The quantitative estimate of drug-likeness (QED) is 0.880. The predicted octanol–water partition coefficient (Wildman–Crippen LogP) is 2.06. The molecule has 2 unspecified atom stereocenters. The van der Waals surface area contributed by atoms with Gasteiger partial charge in [-0.25, -0.2) is 4.39 Å². The van der Waals surface area contributed by atoms with Gasteiger partial charge in [0.05, 0.1) is 5.60 Å². The van der Waals surface area contributed by atoms with Gasteiger partial charge < -0.3 is 10.8 Å². The summed E-state index contributed by atoms with van der Waals surface area (Å²) in [7, 11) is 0. The molecule has 1 aliphatic rings. The molecule has 2 rings (SSSR count). The molecule has 0 spiro atoms. The summed E-state index contributed by atoms with van der Waals surface area (Å²) in [5.74, 6) is -0.224. The van der Waals surface area contributed by atoms with Gasteiger partial charge in [-0.2, -0.15) is 0 Å². The van der Waals surface area contributed by atoms with Gasteiger partial charge in [-0.1, -0.05) is 12.1 Å². The fourth-order valence-electron chi connectivity index (χ4n) is 2.78. The molecule has 0 aromatic heterocycles. The van der Waals surface area contributed by atoms with Crippen molar-refractivity contribution in [2.75, 3.05) is 19.6 Å². The van der Waals surface area contributed by atoms with E-state index in [4.69, 9.17) is 5.73 Å². The van der Waals surface area contributed by atoms with Gasteiger partial charge in [0.25, 0.3) is 0 Å². The van der Waals surface area contributed by atoms with E-state index in [-0.39, 0.29) is 11.9 Å². The molecule has 0 radical (unpaired) electrons. The van der Waals surface area contributed by atoms with Crippen LogP contribution in [0.2, 0.25) is 0 Å². The number of halogens is 1. The summed E-state index contributed by atoms with van der Waals surface area (Å²) in [4.78, 5) is 2.30. The number of aliphatic hydroxyl groups is 1. The van der Waals surface area contributed by atoms with Crippen molar-refractivity contribution in [1.29, 1.82) is 0 Å². The molecule has 1 aromatic carbocycles. The Hall–Kier alpha value is -0.970. The molecule has 0 bridgehead atoms. The van der Waals surface area contributed by atoms with Crippen molar-refractivity contribution in [3.05, 3.63) is 35.6 Å². The molecule has 1 aromatic rings. The van der Waals surface area contributed by atoms with Crippen LogP contribution in [0.3, 0.4) is 0 Å². The zero-order valence-electron chi connectivity index (χ0n) is 11.5. The molecule has 0 aliphatic carbocycles. The summed E-state index contributed by atoms with van der Waals surface area (Å²) in [6.45, 7) is 4.15. The van der Waals surface area contributed by atoms with E-state index in [0.717, 1.165) is 37.9 Å². The monoisotopic (exact) mass is 266 g/mol. The topological polar surface area (TPSA) is 49.5 Å². The van der Waals surface area contributed by atoms with E-state index >= 15 is 0 Å². The zero-order chi connectivity index (χ0) is 13.9. The lowest BCUT2D eigenvalue weighted by atomic mass is 9.98. The maximum absolute atomic E-state index is 13.0. The first-order valence-electron chi connectivity index (χ1n) is 6.94. The van der Waals surface area contributed by atoms with Crippen LogP contribution in [-0.2, 0) is 0 Å². The Kier molecular flexibility index (Phi) is 4.55. The second-order valence-corrected chi connectivity index (χ2v) is 5.69. The van der Waals surface area contributed by atoms with E-state index in [2.05, 4.69) is 4.90 Å². The third-order valence-corrected chi connectivity index (χ3v) is 4.02. The van der Waals surface area contributed by atoms with Crippen LogP contribution in [0.15, 0.2) is 24.3 Å². The van der Waals surface area contributed by atoms with Crippen molar-refractivity contribution >= 4 is 0 Å².